The zero-order valence-corrected chi connectivity index (χ0v) is 15.1. The summed E-state index contributed by atoms with van der Waals surface area (Å²) in [5.74, 6) is -1.32. The molecule has 0 atom stereocenters. The first-order chi connectivity index (χ1) is 11.8. The van der Waals surface area contributed by atoms with Crippen LogP contribution in [0.1, 0.15) is 48.0 Å². The van der Waals surface area contributed by atoms with E-state index in [1.54, 1.807) is 19.1 Å². The Hall–Kier alpha value is -1.93. The van der Waals surface area contributed by atoms with E-state index in [1.165, 1.54) is 10.4 Å². The van der Waals surface area contributed by atoms with Gasteiger partial charge in [-0.3, -0.25) is 9.59 Å². The van der Waals surface area contributed by atoms with Crippen LogP contribution < -0.4 is 5.32 Å². The van der Waals surface area contributed by atoms with Crippen molar-refractivity contribution >= 4 is 21.9 Å². The monoisotopic (exact) mass is 368 g/mol. The van der Waals surface area contributed by atoms with Crippen LogP contribution in [0.5, 0.6) is 0 Å². The molecule has 7 nitrogen and oxygen atoms in total. The third-order valence-electron chi connectivity index (χ3n) is 4.24. The van der Waals surface area contributed by atoms with Crippen molar-refractivity contribution in [2.24, 2.45) is 0 Å². The van der Waals surface area contributed by atoms with Crippen molar-refractivity contribution in [1.82, 2.24) is 9.62 Å². The predicted octanol–water partition coefficient (Wildman–Crippen LogP) is 1.76. The Morgan fingerprint density at radius 3 is 2.52 bits per heavy atom. The summed E-state index contributed by atoms with van der Waals surface area (Å²) in [4.78, 5) is 22.8. The average molecular weight is 368 g/mol. The molecule has 0 radical (unpaired) electrons. The summed E-state index contributed by atoms with van der Waals surface area (Å²) >= 11 is 0. The highest BCUT2D eigenvalue weighted by Crippen LogP contribution is 2.24. The van der Waals surface area contributed by atoms with Gasteiger partial charge in [-0.25, -0.2) is 8.42 Å². The summed E-state index contributed by atoms with van der Waals surface area (Å²) in [6, 6.07) is 4.62. The maximum Gasteiger partial charge on any atom is 0.303 e. The largest absolute Gasteiger partial charge is 0.481 e. The van der Waals surface area contributed by atoms with Gasteiger partial charge in [0, 0.05) is 31.6 Å². The molecule has 2 N–H and O–H groups in total. The minimum Gasteiger partial charge on any atom is -0.481 e. The minimum atomic E-state index is -3.61. The number of nitrogens with zero attached hydrogens (tertiary/aromatic N) is 1. The fourth-order valence-electron chi connectivity index (χ4n) is 2.81. The van der Waals surface area contributed by atoms with E-state index in [2.05, 4.69) is 5.32 Å². The number of carbonyl (C=O) groups is 2. The first kappa shape index (κ1) is 19.4. The Morgan fingerprint density at radius 1 is 1.20 bits per heavy atom. The van der Waals surface area contributed by atoms with Crippen LogP contribution in [-0.2, 0) is 14.8 Å². The number of nitrogens with one attached hydrogen (secondary N) is 1. The predicted molar refractivity (Wildman–Crippen MR) is 93.0 cm³/mol. The standard InChI is InChI=1S/C17H24N2O5S/c1-13-7-8-14(17(22)18-9-5-6-16(20)21)12-15(13)25(23,24)19-10-3-2-4-11-19/h7-8,12H,2-6,9-11H2,1H3,(H,18,22)(H,20,21). The number of benzene rings is 1. The molecule has 1 fully saturated rings. The zero-order valence-electron chi connectivity index (χ0n) is 14.3. The van der Waals surface area contributed by atoms with Crippen LogP contribution in [0.2, 0.25) is 0 Å². The van der Waals surface area contributed by atoms with Gasteiger partial charge in [0.25, 0.3) is 5.91 Å². The lowest BCUT2D eigenvalue weighted by atomic mass is 10.1. The molecule has 1 saturated heterocycles. The molecule has 25 heavy (non-hydrogen) atoms. The van der Waals surface area contributed by atoms with Crippen molar-refractivity contribution in [2.75, 3.05) is 19.6 Å². The van der Waals surface area contributed by atoms with Crippen molar-refractivity contribution in [3.8, 4) is 0 Å². The second kappa shape index (κ2) is 8.44. The number of rotatable bonds is 7. The molecule has 138 valence electrons. The molecule has 0 saturated carbocycles. The molecule has 1 heterocycles. The number of carboxylic acid groups (broad SMARTS) is 1. The lowest BCUT2D eigenvalue weighted by molar-refractivity contribution is -0.137. The summed E-state index contributed by atoms with van der Waals surface area (Å²) in [6.07, 6.45) is 3.03. The van der Waals surface area contributed by atoms with Gasteiger partial charge >= 0.3 is 5.97 Å². The molecule has 8 heteroatoms. The Kier molecular flexibility index (Phi) is 6.55. The molecular formula is C17H24N2O5S. The normalized spacial score (nSPS) is 15.7. The highest BCUT2D eigenvalue weighted by molar-refractivity contribution is 7.89. The van der Waals surface area contributed by atoms with E-state index < -0.39 is 21.9 Å². The van der Waals surface area contributed by atoms with Gasteiger partial charge in [0.1, 0.15) is 0 Å². The van der Waals surface area contributed by atoms with E-state index in [0.717, 1.165) is 19.3 Å². The molecule has 0 aromatic heterocycles. The summed E-state index contributed by atoms with van der Waals surface area (Å²) in [5.41, 5.74) is 0.865. The molecule has 0 aliphatic carbocycles. The van der Waals surface area contributed by atoms with E-state index in [0.29, 0.717) is 25.1 Å². The van der Waals surface area contributed by atoms with Gasteiger partial charge in [0.05, 0.1) is 4.90 Å². The maximum absolute atomic E-state index is 12.8. The van der Waals surface area contributed by atoms with E-state index >= 15 is 0 Å². The smallest absolute Gasteiger partial charge is 0.303 e. The number of piperidine rings is 1. The Balaban J connectivity index is 2.13. The molecular weight excluding hydrogens is 344 g/mol. The molecule has 1 aromatic rings. The number of carbonyl (C=O) groups excluding carboxylic acids is 1. The van der Waals surface area contributed by atoms with E-state index in [1.807, 2.05) is 0 Å². The van der Waals surface area contributed by atoms with Crippen molar-refractivity contribution in [2.45, 2.75) is 43.9 Å². The number of aliphatic carboxylic acids is 1. The van der Waals surface area contributed by atoms with Crippen LogP contribution in [0.4, 0.5) is 0 Å². The lowest BCUT2D eigenvalue weighted by Crippen LogP contribution is -2.36. The second-order valence-corrected chi connectivity index (χ2v) is 8.10. The first-order valence-corrected chi connectivity index (χ1v) is 9.87. The van der Waals surface area contributed by atoms with E-state index in [-0.39, 0.29) is 23.4 Å². The van der Waals surface area contributed by atoms with Gasteiger partial charge in [-0.15, -0.1) is 0 Å². The summed E-state index contributed by atoms with van der Waals surface area (Å²) in [7, 11) is -3.61. The van der Waals surface area contributed by atoms with Crippen LogP contribution in [0.15, 0.2) is 23.1 Å². The average Bonchev–Trinajstić information content (AvgIpc) is 2.59. The SMILES string of the molecule is Cc1ccc(C(=O)NCCCC(=O)O)cc1S(=O)(=O)N1CCCCC1. The van der Waals surface area contributed by atoms with E-state index in [4.69, 9.17) is 5.11 Å². The Bertz CT molecular complexity index is 739. The molecule has 0 spiro atoms. The number of hydrogen-bond donors (Lipinski definition) is 2. The molecule has 0 bridgehead atoms. The number of sulfonamides is 1. The van der Waals surface area contributed by atoms with Crippen LogP contribution in [0.3, 0.4) is 0 Å². The van der Waals surface area contributed by atoms with Gasteiger partial charge in [-0.05, 0) is 43.9 Å². The number of aryl methyl sites for hydroxylation is 1. The van der Waals surface area contributed by atoms with Crippen LogP contribution in [-0.4, -0.2) is 49.3 Å². The summed E-state index contributed by atoms with van der Waals surface area (Å²) in [5, 5.41) is 11.2. The molecule has 1 aromatic carbocycles. The highest BCUT2D eigenvalue weighted by atomic mass is 32.2. The third-order valence-corrected chi connectivity index (χ3v) is 6.28. The van der Waals surface area contributed by atoms with Crippen molar-refractivity contribution in [3.05, 3.63) is 29.3 Å². The van der Waals surface area contributed by atoms with Crippen LogP contribution in [0, 0.1) is 6.92 Å². The quantitative estimate of drug-likeness (QED) is 0.714. The summed E-state index contributed by atoms with van der Waals surface area (Å²) < 4.78 is 27.2. The maximum atomic E-state index is 12.8. The van der Waals surface area contributed by atoms with Crippen LogP contribution >= 0.6 is 0 Å². The fraction of sp³-hybridized carbons (Fsp3) is 0.529. The highest BCUT2D eigenvalue weighted by Gasteiger charge is 2.28. The van der Waals surface area contributed by atoms with Gasteiger partial charge in [-0.2, -0.15) is 4.31 Å². The van der Waals surface area contributed by atoms with Gasteiger partial charge < -0.3 is 10.4 Å². The van der Waals surface area contributed by atoms with Gasteiger partial charge in [-0.1, -0.05) is 12.5 Å². The Morgan fingerprint density at radius 2 is 1.88 bits per heavy atom. The first-order valence-electron chi connectivity index (χ1n) is 8.43. The fourth-order valence-corrected chi connectivity index (χ4v) is 4.58. The second-order valence-electron chi connectivity index (χ2n) is 6.20. The van der Waals surface area contributed by atoms with Gasteiger partial charge in [0.15, 0.2) is 0 Å². The summed E-state index contributed by atoms with van der Waals surface area (Å²) in [6.45, 7) is 2.96. The Labute approximate surface area is 148 Å². The zero-order chi connectivity index (χ0) is 18.4. The number of carboxylic acids is 1. The minimum absolute atomic E-state index is 0.0250. The van der Waals surface area contributed by atoms with E-state index in [9.17, 15) is 18.0 Å². The van der Waals surface area contributed by atoms with Crippen molar-refractivity contribution in [1.29, 1.82) is 0 Å². The molecule has 2 rings (SSSR count). The van der Waals surface area contributed by atoms with Crippen molar-refractivity contribution < 1.29 is 23.1 Å². The molecule has 1 aliphatic rings. The number of amides is 1. The molecule has 1 aliphatic heterocycles. The molecule has 0 unspecified atom stereocenters. The van der Waals surface area contributed by atoms with Crippen molar-refractivity contribution in [3.63, 3.8) is 0 Å². The topological polar surface area (TPSA) is 104 Å². The van der Waals surface area contributed by atoms with Gasteiger partial charge in [0.2, 0.25) is 10.0 Å². The van der Waals surface area contributed by atoms with Crippen LogP contribution in [0.25, 0.3) is 0 Å². The molecule has 1 amide bonds. The lowest BCUT2D eigenvalue weighted by Gasteiger charge is -2.26. The third kappa shape index (κ3) is 5.02. The number of hydrogen-bond acceptors (Lipinski definition) is 4.